The molecule has 2 aromatic heterocycles. The van der Waals surface area contributed by atoms with E-state index in [0.717, 1.165) is 20.7 Å². The molecule has 0 atom stereocenters. The number of thiazole rings is 1. The zero-order valence-electron chi connectivity index (χ0n) is 12.2. The summed E-state index contributed by atoms with van der Waals surface area (Å²) in [6.45, 7) is 1.92. The number of aromatic nitrogens is 3. The molecule has 0 saturated heterocycles. The molecule has 0 radical (unpaired) electrons. The van der Waals surface area contributed by atoms with Crippen LogP contribution in [0, 0.1) is 6.92 Å². The third-order valence-corrected chi connectivity index (χ3v) is 4.40. The Labute approximate surface area is 145 Å². The van der Waals surface area contributed by atoms with Crippen molar-refractivity contribution in [2.24, 2.45) is 0 Å². The highest BCUT2D eigenvalue weighted by Crippen LogP contribution is 2.26. The van der Waals surface area contributed by atoms with Gasteiger partial charge in [-0.25, -0.2) is 14.8 Å². The maximum absolute atomic E-state index is 11.9. The summed E-state index contributed by atoms with van der Waals surface area (Å²) in [5.74, 6) is -0.505. The molecule has 3 rings (SSSR count). The molecule has 0 bridgehead atoms. The van der Waals surface area contributed by atoms with Crippen molar-refractivity contribution in [2.45, 2.75) is 13.5 Å². The van der Waals surface area contributed by atoms with E-state index >= 15 is 0 Å². The smallest absolute Gasteiger partial charge is 0.358 e. The molecule has 23 heavy (non-hydrogen) atoms. The van der Waals surface area contributed by atoms with E-state index in [-0.39, 0.29) is 12.3 Å². The Bertz CT molecular complexity index is 833. The molecule has 0 spiro atoms. The summed E-state index contributed by atoms with van der Waals surface area (Å²) in [4.78, 5) is 24.4. The van der Waals surface area contributed by atoms with E-state index in [1.807, 2.05) is 29.6 Å². The van der Waals surface area contributed by atoms with Crippen molar-refractivity contribution in [1.82, 2.24) is 15.0 Å². The first-order valence-corrected chi connectivity index (χ1v) is 8.45. The first-order chi connectivity index (χ1) is 11.1. The number of benzene rings is 1. The van der Waals surface area contributed by atoms with Crippen molar-refractivity contribution in [1.29, 1.82) is 0 Å². The molecule has 0 unspecified atom stereocenters. The fourth-order valence-corrected chi connectivity index (χ4v) is 3.04. The SMILES string of the molecule is Cc1cnc(C(=O)OCc2csc(-c3cccc(Br)c3)n2)cn1. The van der Waals surface area contributed by atoms with E-state index in [4.69, 9.17) is 4.74 Å². The summed E-state index contributed by atoms with van der Waals surface area (Å²) >= 11 is 4.95. The van der Waals surface area contributed by atoms with Crippen LogP contribution in [0.1, 0.15) is 21.9 Å². The van der Waals surface area contributed by atoms with Crippen LogP contribution in [-0.2, 0) is 11.3 Å². The second-order valence-corrected chi connectivity index (χ2v) is 6.55. The van der Waals surface area contributed by atoms with Crippen LogP contribution in [0.4, 0.5) is 0 Å². The number of carbonyl (C=O) groups is 1. The summed E-state index contributed by atoms with van der Waals surface area (Å²) in [5.41, 5.74) is 2.67. The van der Waals surface area contributed by atoms with Crippen molar-refractivity contribution >= 4 is 33.2 Å². The molecule has 0 aliphatic rings. The molecule has 3 aromatic rings. The molecule has 0 saturated carbocycles. The number of hydrogen-bond acceptors (Lipinski definition) is 6. The molecule has 0 aliphatic carbocycles. The van der Waals surface area contributed by atoms with E-state index in [1.54, 1.807) is 6.92 Å². The Balaban J connectivity index is 1.65. The van der Waals surface area contributed by atoms with Crippen LogP contribution >= 0.6 is 27.3 Å². The summed E-state index contributed by atoms with van der Waals surface area (Å²) in [5, 5.41) is 2.76. The fraction of sp³-hybridized carbons (Fsp3) is 0.125. The maximum atomic E-state index is 11.9. The molecule has 0 fully saturated rings. The second-order valence-electron chi connectivity index (χ2n) is 4.77. The van der Waals surface area contributed by atoms with Crippen molar-refractivity contribution in [3.8, 4) is 10.6 Å². The van der Waals surface area contributed by atoms with Gasteiger partial charge in [0.15, 0.2) is 5.69 Å². The Hall–Kier alpha value is -2.12. The number of halogens is 1. The van der Waals surface area contributed by atoms with Gasteiger partial charge in [-0.1, -0.05) is 28.1 Å². The predicted octanol–water partition coefficient (Wildman–Crippen LogP) is 4.03. The lowest BCUT2D eigenvalue weighted by Crippen LogP contribution is -2.08. The standard InChI is InChI=1S/C16H12BrN3O2S/c1-10-6-19-14(7-18-10)16(21)22-8-13-9-23-15(20-13)11-3-2-4-12(17)5-11/h2-7,9H,8H2,1H3. The topological polar surface area (TPSA) is 65.0 Å². The highest BCUT2D eigenvalue weighted by molar-refractivity contribution is 9.10. The van der Waals surface area contributed by atoms with E-state index in [0.29, 0.717) is 5.69 Å². The lowest BCUT2D eigenvalue weighted by Gasteiger charge is -2.02. The molecular formula is C16H12BrN3O2S. The number of ether oxygens (including phenoxy) is 1. The van der Waals surface area contributed by atoms with Gasteiger partial charge in [-0.2, -0.15) is 0 Å². The zero-order chi connectivity index (χ0) is 16.2. The number of aryl methyl sites for hydroxylation is 1. The molecule has 1 aromatic carbocycles. The molecule has 7 heteroatoms. The van der Waals surface area contributed by atoms with Gasteiger partial charge in [0.05, 0.1) is 17.6 Å². The lowest BCUT2D eigenvalue weighted by atomic mass is 10.2. The minimum Gasteiger partial charge on any atom is -0.454 e. The summed E-state index contributed by atoms with van der Waals surface area (Å²) < 4.78 is 6.22. The maximum Gasteiger partial charge on any atom is 0.358 e. The molecule has 0 N–H and O–H groups in total. The van der Waals surface area contributed by atoms with E-state index in [9.17, 15) is 4.79 Å². The summed E-state index contributed by atoms with van der Waals surface area (Å²) in [7, 11) is 0. The van der Waals surface area contributed by atoms with Crippen molar-refractivity contribution in [3.63, 3.8) is 0 Å². The van der Waals surface area contributed by atoms with E-state index in [1.165, 1.54) is 23.7 Å². The van der Waals surface area contributed by atoms with Crippen LogP contribution < -0.4 is 0 Å². The Morgan fingerprint density at radius 1 is 1.30 bits per heavy atom. The molecule has 0 aliphatic heterocycles. The lowest BCUT2D eigenvalue weighted by molar-refractivity contribution is 0.0461. The second kappa shape index (κ2) is 6.97. The quantitative estimate of drug-likeness (QED) is 0.630. The van der Waals surface area contributed by atoms with Crippen molar-refractivity contribution in [2.75, 3.05) is 0 Å². The van der Waals surface area contributed by atoms with Gasteiger partial charge in [-0.3, -0.25) is 4.98 Å². The van der Waals surface area contributed by atoms with E-state index in [2.05, 4.69) is 30.9 Å². The first-order valence-electron chi connectivity index (χ1n) is 6.78. The van der Waals surface area contributed by atoms with Gasteiger partial charge in [-0.15, -0.1) is 11.3 Å². The van der Waals surface area contributed by atoms with Crippen molar-refractivity contribution < 1.29 is 9.53 Å². The van der Waals surface area contributed by atoms with Gasteiger partial charge in [0, 0.05) is 21.6 Å². The van der Waals surface area contributed by atoms with Crippen LogP contribution in [0.15, 0.2) is 46.5 Å². The van der Waals surface area contributed by atoms with Crippen LogP contribution in [0.5, 0.6) is 0 Å². The number of rotatable bonds is 4. The Kier molecular flexibility index (Phi) is 4.78. The predicted molar refractivity (Wildman–Crippen MR) is 91.1 cm³/mol. The fourth-order valence-electron chi connectivity index (χ4n) is 1.84. The number of esters is 1. The minimum atomic E-state index is -0.505. The van der Waals surface area contributed by atoms with Crippen LogP contribution in [0.3, 0.4) is 0 Å². The van der Waals surface area contributed by atoms with Gasteiger partial charge in [0.2, 0.25) is 0 Å². The molecule has 0 amide bonds. The third kappa shape index (κ3) is 4.00. The molecular weight excluding hydrogens is 378 g/mol. The average molecular weight is 390 g/mol. The van der Waals surface area contributed by atoms with Gasteiger partial charge < -0.3 is 4.74 Å². The Morgan fingerprint density at radius 2 is 2.17 bits per heavy atom. The van der Waals surface area contributed by atoms with Gasteiger partial charge >= 0.3 is 5.97 Å². The largest absolute Gasteiger partial charge is 0.454 e. The molecule has 5 nitrogen and oxygen atoms in total. The van der Waals surface area contributed by atoms with Crippen LogP contribution in [0.2, 0.25) is 0 Å². The molecule has 2 heterocycles. The number of carbonyl (C=O) groups excluding carboxylic acids is 1. The van der Waals surface area contributed by atoms with Crippen LogP contribution in [-0.4, -0.2) is 20.9 Å². The highest BCUT2D eigenvalue weighted by atomic mass is 79.9. The number of hydrogen-bond donors (Lipinski definition) is 0. The van der Waals surface area contributed by atoms with Crippen molar-refractivity contribution in [3.05, 3.63) is 63.6 Å². The Morgan fingerprint density at radius 3 is 2.91 bits per heavy atom. The van der Waals surface area contributed by atoms with Gasteiger partial charge in [0.1, 0.15) is 11.6 Å². The van der Waals surface area contributed by atoms with E-state index < -0.39 is 5.97 Å². The third-order valence-electron chi connectivity index (χ3n) is 2.96. The minimum absolute atomic E-state index is 0.110. The van der Waals surface area contributed by atoms with Crippen LogP contribution in [0.25, 0.3) is 10.6 Å². The summed E-state index contributed by atoms with van der Waals surface area (Å²) in [6.07, 6.45) is 2.94. The molecule has 116 valence electrons. The normalized spacial score (nSPS) is 10.5. The zero-order valence-corrected chi connectivity index (χ0v) is 14.6. The summed E-state index contributed by atoms with van der Waals surface area (Å²) in [6, 6.07) is 7.90. The van der Waals surface area contributed by atoms with Gasteiger partial charge in [0.25, 0.3) is 0 Å². The van der Waals surface area contributed by atoms with Gasteiger partial charge in [-0.05, 0) is 19.1 Å². The average Bonchev–Trinajstić information content (AvgIpc) is 3.02. The highest BCUT2D eigenvalue weighted by Gasteiger charge is 2.11. The monoisotopic (exact) mass is 389 g/mol. The first kappa shape index (κ1) is 15.8. The number of nitrogens with zero attached hydrogens (tertiary/aromatic N) is 3.